The number of hydrogen-bond donors (Lipinski definition) is 3. The molecule has 8 nitrogen and oxygen atoms in total. The molecule has 28 heavy (non-hydrogen) atoms. The molecule has 0 heterocycles. The van der Waals surface area contributed by atoms with Crippen LogP contribution in [0.15, 0.2) is 48.5 Å². The van der Waals surface area contributed by atoms with Crippen molar-refractivity contribution in [1.29, 1.82) is 0 Å². The van der Waals surface area contributed by atoms with Gasteiger partial charge in [0.1, 0.15) is 5.69 Å². The monoisotopic (exact) mass is 387 g/mol. The molecule has 0 saturated heterocycles. The Hall–Kier alpha value is -2.97. The van der Waals surface area contributed by atoms with E-state index in [1.165, 1.54) is 18.2 Å². The van der Waals surface area contributed by atoms with Crippen molar-refractivity contribution in [1.82, 2.24) is 5.32 Å². The Balaban J connectivity index is 2.00. The summed E-state index contributed by atoms with van der Waals surface area (Å²) < 4.78 is 5.32. The van der Waals surface area contributed by atoms with Crippen LogP contribution in [0.25, 0.3) is 0 Å². The second-order valence-electron chi connectivity index (χ2n) is 6.78. The summed E-state index contributed by atoms with van der Waals surface area (Å²) in [6.45, 7) is 4.62. The predicted molar refractivity (Wildman–Crippen MR) is 107 cm³/mol. The summed E-state index contributed by atoms with van der Waals surface area (Å²) in [5, 5.41) is 26.8. The highest BCUT2D eigenvalue weighted by Gasteiger charge is 2.18. The molecule has 0 fully saturated rings. The maximum absolute atomic E-state index is 12.3. The standard InChI is InChI=1S/C20H25N3O5/c1-14(2)12-28-13-17(24)11-21-20(25)15-8-9-18(19(10-15)23(26)27)22-16-6-4-3-5-7-16/h3-10,14,17,22,24H,11-13H2,1-2H3,(H,21,25)/t17-/m0/s1. The van der Waals surface area contributed by atoms with E-state index < -0.39 is 16.9 Å². The van der Waals surface area contributed by atoms with E-state index in [-0.39, 0.29) is 30.1 Å². The number of aliphatic hydroxyl groups excluding tert-OH is 1. The smallest absolute Gasteiger partial charge is 0.293 e. The molecule has 0 aliphatic heterocycles. The first-order valence-corrected chi connectivity index (χ1v) is 9.01. The van der Waals surface area contributed by atoms with Gasteiger partial charge >= 0.3 is 0 Å². The first-order chi connectivity index (χ1) is 13.4. The predicted octanol–water partition coefficient (Wildman–Crippen LogP) is 3.10. The lowest BCUT2D eigenvalue weighted by atomic mass is 10.1. The molecule has 2 aromatic carbocycles. The number of carbonyl (C=O) groups excluding carboxylic acids is 1. The van der Waals surface area contributed by atoms with Gasteiger partial charge in [0, 0.05) is 30.5 Å². The van der Waals surface area contributed by atoms with Crippen LogP contribution in [0.4, 0.5) is 17.1 Å². The van der Waals surface area contributed by atoms with Gasteiger partial charge in [-0.25, -0.2) is 0 Å². The number of aliphatic hydroxyl groups is 1. The van der Waals surface area contributed by atoms with Crippen LogP contribution in [-0.2, 0) is 4.74 Å². The zero-order valence-electron chi connectivity index (χ0n) is 15.9. The van der Waals surface area contributed by atoms with Gasteiger partial charge in [0.05, 0.1) is 17.6 Å². The highest BCUT2D eigenvalue weighted by molar-refractivity contribution is 5.96. The number of nitro groups is 1. The van der Waals surface area contributed by atoms with Crippen LogP contribution >= 0.6 is 0 Å². The number of ether oxygens (including phenoxy) is 1. The van der Waals surface area contributed by atoms with Gasteiger partial charge in [0.25, 0.3) is 11.6 Å². The number of nitrogens with one attached hydrogen (secondary N) is 2. The number of carbonyl (C=O) groups is 1. The summed E-state index contributed by atoms with van der Waals surface area (Å²) in [4.78, 5) is 23.1. The molecular weight excluding hydrogens is 362 g/mol. The Labute approximate surface area is 163 Å². The normalized spacial score (nSPS) is 11.9. The summed E-state index contributed by atoms with van der Waals surface area (Å²) >= 11 is 0. The van der Waals surface area contributed by atoms with Crippen molar-refractivity contribution in [2.24, 2.45) is 5.92 Å². The van der Waals surface area contributed by atoms with Crippen molar-refractivity contribution in [3.8, 4) is 0 Å². The average molecular weight is 387 g/mol. The van der Waals surface area contributed by atoms with Crippen LogP contribution in [0.3, 0.4) is 0 Å². The first-order valence-electron chi connectivity index (χ1n) is 9.01. The van der Waals surface area contributed by atoms with Crippen molar-refractivity contribution in [3.05, 3.63) is 64.2 Å². The van der Waals surface area contributed by atoms with E-state index in [9.17, 15) is 20.0 Å². The molecular formula is C20H25N3O5. The topological polar surface area (TPSA) is 114 Å². The number of nitro benzene ring substituents is 1. The SMILES string of the molecule is CC(C)COC[C@@H](O)CNC(=O)c1ccc(Nc2ccccc2)c([N+](=O)[O-])c1. The maximum Gasteiger partial charge on any atom is 0.293 e. The van der Waals surface area contributed by atoms with Crippen molar-refractivity contribution >= 4 is 23.0 Å². The molecule has 3 N–H and O–H groups in total. The third kappa shape index (κ3) is 6.64. The molecule has 0 aliphatic rings. The fourth-order valence-corrected chi connectivity index (χ4v) is 2.42. The molecule has 0 spiro atoms. The summed E-state index contributed by atoms with van der Waals surface area (Å²) in [6, 6.07) is 13.2. The minimum atomic E-state index is -0.850. The van der Waals surface area contributed by atoms with Crippen LogP contribution in [0, 0.1) is 16.0 Å². The second-order valence-corrected chi connectivity index (χ2v) is 6.78. The Morgan fingerprint density at radius 1 is 1.18 bits per heavy atom. The molecule has 150 valence electrons. The Bertz CT molecular complexity index is 796. The van der Waals surface area contributed by atoms with Crippen LogP contribution in [-0.4, -0.2) is 41.8 Å². The van der Waals surface area contributed by atoms with Gasteiger partial charge in [-0.15, -0.1) is 0 Å². The molecule has 0 aliphatic carbocycles. The van der Waals surface area contributed by atoms with Crippen molar-refractivity contribution in [2.75, 3.05) is 25.1 Å². The minimum Gasteiger partial charge on any atom is -0.389 e. The molecule has 0 saturated carbocycles. The van der Waals surface area contributed by atoms with E-state index in [1.807, 2.05) is 32.0 Å². The highest BCUT2D eigenvalue weighted by Crippen LogP contribution is 2.28. The average Bonchev–Trinajstić information content (AvgIpc) is 2.66. The van der Waals surface area contributed by atoms with E-state index >= 15 is 0 Å². The Kier molecular flexibility index (Phi) is 7.91. The van der Waals surface area contributed by atoms with Crippen molar-refractivity contribution < 1.29 is 19.6 Å². The molecule has 0 aromatic heterocycles. The van der Waals surface area contributed by atoms with Crippen molar-refractivity contribution in [2.45, 2.75) is 20.0 Å². The van der Waals surface area contributed by atoms with E-state index in [4.69, 9.17) is 4.74 Å². The number of rotatable bonds is 10. The quantitative estimate of drug-likeness (QED) is 0.426. The van der Waals surface area contributed by atoms with Gasteiger partial charge in [-0.1, -0.05) is 32.0 Å². The molecule has 2 rings (SSSR count). The fraction of sp³-hybridized carbons (Fsp3) is 0.350. The largest absolute Gasteiger partial charge is 0.389 e. The molecule has 1 amide bonds. The summed E-state index contributed by atoms with van der Waals surface area (Å²) in [5.74, 6) is -0.150. The zero-order chi connectivity index (χ0) is 20.5. The zero-order valence-corrected chi connectivity index (χ0v) is 15.9. The van der Waals surface area contributed by atoms with Gasteiger partial charge in [0.15, 0.2) is 0 Å². The van der Waals surface area contributed by atoms with Gasteiger partial charge in [-0.2, -0.15) is 0 Å². The van der Waals surface area contributed by atoms with E-state index in [0.29, 0.717) is 18.2 Å². The lowest BCUT2D eigenvalue weighted by molar-refractivity contribution is -0.383. The van der Waals surface area contributed by atoms with Crippen LogP contribution in [0.2, 0.25) is 0 Å². The van der Waals surface area contributed by atoms with Crippen LogP contribution in [0.1, 0.15) is 24.2 Å². The molecule has 0 radical (unpaired) electrons. The second kappa shape index (κ2) is 10.4. The highest BCUT2D eigenvalue weighted by atomic mass is 16.6. The first kappa shape index (κ1) is 21.3. The molecule has 2 aromatic rings. The number of hydrogen-bond acceptors (Lipinski definition) is 6. The van der Waals surface area contributed by atoms with Crippen LogP contribution in [0.5, 0.6) is 0 Å². The van der Waals surface area contributed by atoms with E-state index in [1.54, 1.807) is 12.1 Å². The number of nitrogens with zero attached hydrogens (tertiary/aromatic N) is 1. The van der Waals surface area contributed by atoms with E-state index in [0.717, 1.165) is 0 Å². The van der Waals surface area contributed by atoms with Gasteiger partial charge < -0.3 is 20.5 Å². The Morgan fingerprint density at radius 3 is 2.54 bits per heavy atom. The number of anilines is 2. The van der Waals surface area contributed by atoms with Gasteiger partial charge in [-0.05, 0) is 30.2 Å². The lowest BCUT2D eigenvalue weighted by Gasteiger charge is -2.14. The molecule has 8 heteroatoms. The third-order valence-corrected chi connectivity index (χ3v) is 3.77. The molecule has 0 bridgehead atoms. The molecule has 1 atom stereocenters. The number of benzene rings is 2. The number of para-hydroxylation sites is 1. The summed E-state index contributed by atoms with van der Waals surface area (Å²) in [6.07, 6.45) is -0.850. The lowest BCUT2D eigenvalue weighted by Crippen LogP contribution is -2.34. The van der Waals surface area contributed by atoms with Crippen LogP contribution < -0.4 is 10.6 Å². The summed E-state index contributed by atoms with van der Waals surface area (Å²) in [5.41, 5.74) is 0.917. The fourth-order valence-electron chi connectivity index (χ4n) is 2.42. The van der Waals surface area contributed by atoms with Gasteiger partial charge in [0.2, 0.25) is 0 Å². The van der Waals surface area contributed by atoms with E-state index in [2.05, 4.69) is 10.6 Å². The van der Waals surface area contributed by atoms with Crippen molar-refractivity contribution in [3.63, 3.8) is 0 Å². The minimum absolute atomic E-state index is 0.00522. The third-order valence-electron chi connectivity index (χ3n) is 3.77. The van der Waals surface area contributed by atoms with Gasteiger partial charge in [-0.3, -0.25) is 14.9 Å². The Morgan fingerprint density at radius 2 is 1.89 bits per heavy atom. The maximum atomic E-state index is 12.3. The molecule has 0 unspecified atom stereocenters. The summed E-state index contributed by atoms with van der Waals surface area (Å²) in [7, 11) is 0. The number of amides is 1.